The van der Waals surface area contributed by atoms with Crippen LogP contribution in [0.15, 0.2) is 65.7 Å². The van der Waals surface area contributed by atoms with Crippen LogP contribution in [0.2, 0.25) is 0 Å². The molecule has 4 rings (SSSR count). The number of aromatic nitrogens is 3. The van der Waals surface area contributed by atoms with Crippen molar-refractivity contribution in [1.29, 1.82) is 0 Å². The Morgan fingerprint density at radius 2 is 1.67 bits per heavy atom. The lowest BCUT2D eigenvalue weighted by Crippen LogP contribution is -2.38. The first-order valence-corrected chi connectivity index (χ1v) is 13.0. The molecule has 8 nitrogen and oxygen atoms in total. The van der Waals surface area contributed by atoms with Gasteiger partial charge in [0.2, 0.25) is 0 Å². The summed E-state index contributed by atoms with van der Waals surface area (Å²) in [6.45, 7) is 3.90. The van der Waals surface area contributed by atoms with Crippen LogP contribution in [0, 0.1) is 5.92 Å². The molecule has 0 spiro atoms. The zero-order valence-corrected chi connectivity index (χ0v) is 19.5. The Morgan fingerprint density at radius 1 is 1.00 bits per heavy atom. The third-order valence-electron chi connectivity index (χ3n) is 5.97. The maximum atomic E-state index is 12.5. The van der Waals surface area contributed by atoms with Crippen LogP contribution in [0.4, 0.5) is 0 Å². The van der Waals surface area contributed by atoms with Crippen LogP contribution in [-0.2, 0) is 22.9 Å². The van der Waals surface area contributed by atoms with Crippen molar-refractivity contribution in [3.8, 4) is 0 Å². The van der Waals surface area contributed by atoms with Crippen molar-refractivity contribution >= 4 is 15.7 Å². The molecule has 2 heterocycles. The van der Waals surface area contributed by atoms with Gasteiger partial charge in [0, 0.05) is 19.3 Å². The predicted molar refractivity (Wildman–Crippen MR) is 125 cm³/mol. The van der Waals surface area contributed by atoms with Gasteiger partial charge in [-0.1, -0.05) is 47.7 Å². The fourth-order valence-electron chi connectivity index (χ4n) is 4.03. The summed E-state index contributed by atoms with van der Waals surface area (Å²) < 4.78 is 24.9. The van der Waals surface area contributed by atoms with Crippen LogP contribution in [0.5, 0.6) is 0 Å². The van der Waals surface area contributed by atoms with E-state index in [4.69, 9.17) is 0 Å². The largest absolute Gasteiger partial charge is 0.350 e. The van der Waals surface area contributed by atoms with E-state index in [0.29, 0.717) is 29.6 Å². The Bertz CT molecular complexity index is 1170. The average molecular weight is 468 g/mol. The minimum absolute atomic E-state index is 0.192. The first-order valence-electron chi connectivity index (χ1n) is 11.1. The number of likely N-dealkylation sites (tertiary alicyclic amines) is 1. The Hall–Kier alpha value is -3.04. The van der Waals surface area contributed by atoms with E-state index in [-0.39, 0.29) is 5.91 Å². The third kappa shape index (κ3) is 6.49. The zero-order chi connectivity index (χ0) is 23.3. The second-order valence-electron chi connectivity index (χ2n) is 8.63. The quantitative estimate of drug-likeness (QED) is 0.546. The fraction of sp³-hybridized carbons (Fsp3) is 0.375. The summed E-state index contributed by atoms with van der Waals surface area (Å²) in [5.41, 5.74) is 2.54. The van der Waals surface area contributed by atoms with E-state index in [1.807, 2.05) is 42.5 Å². The summed E-state index contributed by atoms with van der Waals surface area (Å²) in [7, 11) is -3.16. The summed E-state index contributed by atoms with van der Waals surface area (Å²) in [5, 5.41) is 11.1. The number of carbonyl (C=O) groups excluding carboxylic acids is 1. The van der Waals surface area contributed by atoms with E-state index in [2.05, 4.69) is 20.5 Å². The highest BCUT2D eigenvalue weighted by atomic mass is 32.2. The van der Waals surface area contributed by atoms with Crippen molar-refractivity contribution in [3.05, 3.63) is 77.6 Å². The van der Waals surface area contributed by atoms with Gasteiger partial charge in [-0.2, -0.15) is 0 Å². The zero-order valence-electron chi connectivity index (χ0n) is 18.7. The minimum Gasteiger partial charge on any atom is -0.350 e. The number of benzene rings is 2. The number of nitrogens with zero attached hydrogens (tertiary/aromatic N) is 4. The molecule has 1 fully saturated rings. The molecule has 0 radical (unpaired) electrons. The number of sulfone groups is 1. The van der Waals surface area contributed by atoms with Crippen molar-refractivity contribution in [2.24, 2.45) is 5.92 Å². The Labute approximate surface area is 194 Å². The molecule has 1 amide bonds. The lowest BCUT2D eigenvalue weighted by molar-refractivity contribution is 0.0930. The van der Waals surface area contributed by atoms with Gasteiger partial charge in [-0.25, -0.2) is 13.1 Å². The fourth-order valence-corrected chi connectivity index (χ4v) is 4.66. The van der Waals surface area contributed by atoms with Gasteiger partial charge in [-0.3, -0.25) is 9.69 Å². The Kier molecular flexibility index (Phi) is 7.20. The van der Waals surface area contributed by atoms with Gasteiger partial charge < -0.3 is 5.32 Å². The summed E-state index contributed by atoms with van der Waals surface area (Å²) in [5.74, 6) is 0.236. The number of carbonyl (C=O) groups is 1. The van der Waals surface area contributed by atoms with Crippen molar-refractivity contribution < 1.29 is 13.2 Å². The Balaban J connectivity index is 1.20. The minimum atomic E-state index is -3.16. The number of piperidine rings is 1. The Morgan fingerprint density at radius 3 is 2.33 bits per heavy atom. The molecule has 0 saturated carbocycles. The van der Waals surface area contributed by atoms with Crippen molar-refractivity contribution in [1.82, 2.24) is 25.2 Å². The highest BCUT2D eigenvalue weighted by molar-refractivity contribution is 7.90. The van der Waals surface area contributed by atoms with E-state index < -0.39 is 9.84 Å². The molecule has 174 valence electrons. The number of nitrogens with one attached hydrogen (secondary N) is 1. The van der Waals surface area contributed by atoms with Crippen LogP contribution in [0.3, 0.4) is 0 Å². The molecule has 1 N–H and O–H groups in total. The molecule has 1 aliphatic rings. The van der Waals surface area contributed by atoms with Crippen LogP contribution >= 0.6 is 0 Å². The molecule has 1 aromatic heterocycles. The SMILES string of the molecule is CS(=O)(=O)c1ccc(CN2CCC(CNC(=O)c3cn(Cc4ccccc4)nn3)CC2)cc1. The number of hydrogen-bond donors (Lipinski definition) is 1. The highest BCUT2D eigenvalue weighted by Crippen LogP contribution is 2.19. The van der Waals surface area contributed by atoms with Crippen LogP contribution in [-0.4, -0.2) is 60.1 Å². The molecule has 0 bridgehead atoms. The molecule has 1 saturated heterocycles. The first kappa shape index (κ1) is 23.1. The van der Waals surface area contributed by atoms with Crippen molar-refractivity contribution in [2.45, 2.75) is 30.8 Å². The topological polar surface area (TPSA) is 97.2 Å². The second-order valence-corrected chi connectivity index (χ2v) is 10.6. The monoisotopic (exact) mass is 467 g/mol. The van der Waals surface area contributed by atoms with Crippen LogP contribution in [0.1, 0.15) is 34.5 Å². The standard InChI is InChI=1S/C24H29N5O3S/c1-33(31,32)22-9-7-21(8-10-22)16-28-13-11-19(12-14-28)15-25-24(30)23-18-29(27-26-23)17-20-5-3-2-4-6-20/h2-10,18-19H,11-17H2,1H3,(H,25,30). The second kappa shape index (κ2) is 10.3. The van der Waals surface area contributed by atoms with Gasteiger partial charge in [-0.05, 0) is 55.1 Å². The van der Waals surface area contributed by atoms with Crippen LogP contribution < -0.4 is 5.32 Å². The molecule has 9 heteroatoms. The lowest BCUT2D eigenvalue weighted by Gasteiger charge is -2.32. The van der Waals surface area contributed by atoms with E-state index >= 15 is 0 Å². The first-order chi connectivity index (χ1) is 15.9. The summed E-state index contributed by atoms with van der Waals surface area (Å²) in [6.07, 6.45) is 4.91. The summed E-state index contributed by atoms with van der Waals surface area (Å²) >= 11 is 0. The van der Waals surface area contributed by atoms with Crippen LogP contribution in [0.25, 0.3) is 0 Å². The molecular formula is C24H29N5O3S. The number of amides is 1. The van der Waals surface area contributed by atoms with Gasteiger partial charge >= 0.3 is 0 Å². The van der Waals surface area contributed by atoms with Crippen molar-refractivity contribution in [3.63, 3.8) is 0 Å². The molecule has 0 aliphatic carbocycles. The highest BCUT2D eigenvalue weighted by Gasteiger charge is 2.21. The number of hydrogen-bond acceptors (Lipinski definition) is 6. The van der Waals surface area contributed by atoms with Gasteiger partial charge in [0.05, 0.1) is 17.6 Å². The van der Waals surface area contributed by atoms with Gasteiger partial charge in [0.1, 0.15) is 0 Å². The number of rotatable bonds is 8. The smallest absolute Gasteiger partial charge is 0.273 e. The summed E-state index contributed by atoms with van der Waals surface area (Å²) in [6, 6.07) is 17.0. The molecule has 0 unspecified atom stereocenters. The average Bonchev–Trinajstić information content (AvgIpc) is 3.27. The third-order valence-corrected chi connectivity index (χ3v) is 7.10. The summed E-state index contributed by atoms with van der Waals surface area (Å²) in [4.78, 5) is 15.2. The van der Waals surface area contributed by atoms with E-state index in [9.17, 15) is 13.2 Å². The molecule has 0 atom stereocenters. The van der Waals surface area contributed by atoms with E-state index in [1.54, 1.807) is 23.0 Å². The predicted octanol–water partition coefficient (Wildman–Crippen LogP) is 2.37. The molecular weight excluding hydrogens is 438 g/mol. The maximum absolute atomic E-state index is 12.5. The van der Waals surface area contributed by atoms with E-state index in [1.165, 1.54) is 6.26 Å². The van der Waals surface area contributed by atoms with Gasteiger partial charge in [0.25, 0.3) is 5.91 Å². The van der Waals surface area contributed by atoms with Crippen molar-refractivity contribution in [2.75, 3.05) is 25.9 Å². The molecule has 3 aromatic rings. The molecule has 1 aliphatic heterocycles. The van der Waals surface area contributed by atoms with Gasteiger partial charge in [0.15, 0.2) is 15.5 Å². The molecule has 33 heavy (non-hydrogen) atoms. The lowest BCUT2D eigenvalue weighted by atomic mass is 9.96. The normalized spacial score (nSPS) is 15.4. The van der Waals surface area contributed by atoms with Gasteiger partial charge in [-0.15, -0.1) is 5.10 Å². The maximum Gasteiger partial charge on any atom is 0.273 e. The van der Waals surface area contributed by atoms with E-state index in [0.717, 1.165) is 43.6 Å². The molecule has 2 aromatic carbocycles.